The van der Waals surface area contributed by atoms with E-state index < -0.39 is 21.6 Å². The molecule has 102 valence electrons. The van der Waals surface area contributed by atoms with Gasteiger partial charge in [-0.1, -0.05) is 38.1 Å². The zero-order valence-electron chi connectivity index (χ0n) is 11.2. The van der Waals surface area contributed by atoms with Crippen molar-refractivity contribution in [3.63, 3.8) is 0 Å². The molecule has 1 aromatic rings. The summed E-state index contributed by atoms with van der Waals surface area (Å²) < 4.78 is 23.2. The number of hydrogen-bond donors (Lipinski definition) is 0. The Morgan fingerprint density at radius 3 is 1.39 bits per heavy atom. The van der Waals surface area contributed by atoms with Crippen molar-refractivity contribution in [1.82, 2.24) is 0 Å². The number of benzene rings is 1. The summed E-state index contributed by atoms with van der Waals surface area (Å²) in [6.45, 7) is 4.09. The van der Waals surface area contributed by atoms with E-state index in [1.807, 2.05) is 38.1 Å². The fourth-order valence-corrected chi connectivity index (χ4v) is 4.03. The molecule has 0 bridgehead atoms. The van der Waals surface area contributed by atoms with Crippen LogP contribution in [0.1, 0.15) is 37.8 Å². The molecule has 0 fully saturated rings. The Morgan fingerprint density at radius 2 is 1.11 bits per heavy atom. The first-order valence-corrected chi connectivity index (χ1v) is 9.41. The van der Waals surface area contributed by atoms with Gasteiger partial charge in [0.05, 0.1) is 0 Å². The number of rotatable bonds is 8. The normalized spacial score (nSPS) is 14.3. The van der Waals surface area contributed by atoms with Crippen molar-refractivity contribution >= 4 is 21.6 Å². The van der Waals surface area contributed by atoms with Crippen LogP contribution in [0.2, 0.25) is 0 Å². The molecule has 0 amide bonds. The van der Waals surface area contributed by atoms with Crippen LogP contribution in [0.5, 0.6) is 0 Å². The summed E-state index contributed by atoms with van der Waals surface area (Å²) in [5.74, 6) is 2.79. The van der Waals surface area contributed by atoms with E-state index in [4.69, 9.17) is 0 Å². The second-order valence-corrected chi connectivity index (χ2v) is 7.55. The minimum absolute atomic E-state index is 0.631. The van der Waals surface area contributed by atoms with E-state index in [1.165, 1.54) is 0 Å². The first-order chi connectivity index (χ1) is 8.65. The summed E-state index contributed by atoms with van der Waals surface area (Å²) >= 11 is 0. The smallest absolute Gasteiger partial charge is 0.0485 e. The highest BCUT2D eigenvalue weighted by atomic mass is 32.2. The molecular formula is C14H22O2S2. The zero-order valence-corrected chi connectivity index (χ0v) is 12.8. The van der Waals surface area contributed by atoms with Gasteiger partial charge >= 0.3 is 0 Å². The van der Waals surface area contributed by atoms with Gasteiger partial charge in [-0.3, -0.25) is 8.42 Å². The molecule has 0 spiro atoms. The van der Waals surface area contributed by atoms with Gasteiger partial charge < -0.3 is 0 Å². The van der Waals surface area contributed by atoms with Gasteiger partial charge in [0.1, 0.15) is 0 Å². The SMILES string of the molecule is CCCS(=O)Cc1ccc(CS(=O)CCC)cc1. The van der Waals surface area contributed by atoms with E-state index in [9.17, 15) is 8.42 Å². The lowest BCUT2D eigenvalue weighted by atomic mass is 10.2. The van der Waals surface area contributed by atoms with Crippen LogP contribution in [0.4, 0.5) is 0 Å². The predicted molar refractivity (Wildman–Crippen MR) is 80.5 cm³/mol. The van der Waals surface area contributed by atoms with Gasteiger partial charge in [0, 0.05) is 44.6 Å². The van der Waals surface area contributed by atoms with Crippen molar-refractivity contribution in [2.24, 2.45) is 0 Å². The first-order valence-electron chi connectivity index (χ1n) is 6.43. The molecule has 2 nitrogen and oxygen atoms in total. The lowest BCUT2D eigenvalue weighted by Gasteiger charge is -2.04. The van der Waals surface area contributed by atoms with Crippen LogP contribution in [0.3, 0.4) is 0 Å². The molecule has 18 heavy (non-hydrogen) atoms. The van der Waals surface area contributed by atoms with Crippen LogP contribution >= 0.6 is 0 Å². The Morgan fingerprint density at radius 1 is 0.778 bits per heavy atom. The quantitative estimate of drug-likeness (QED) is 0.736. The first kappa shape index (κ1) is 15.6. The van der Waals surface area contributed by atoms with Gasteiger partial charge in [-0.25, -0.2) is 0 Å². The summed E-state index contributed by atoms with van der Waals surface area (Å²) in [5, 5.41) is 0. The second-order valence-electron chi connectivity index (χ2n) is 4.39. The van der Waals surface area contributed by atoms with Crippen LogP contribution in [0, 0.1) is 0 Å². The molecule has 0 saturated carbocycles. The van der Waals surface area contributed by atoms with E-state index >= 15 is 0 Å². The van der Waals surface area contributed by atoms with Crippen molar-refractivity contribution in [1.29, 1.82) is 0 Å². The average Bonchev–Trinajstić information content (AvgIpc) is 2.32. The Balaban J connectivity index is 2.52. The third-order valence-corrected chi connectivity index (χ3v) is 5.58. The summed E-state index contributed by atoms with van der Waals surface area (Å²) in [4.78, 5) is 0. The fraction of sp³-hybridized carbons (Fsp3) is 0.571. The van der Waals surface area contributed by atoms with Gasteiger partial charge in [0.2, 0.25) is 0 Å². The van der Waals surface area contributed by atoms with Crippen molar-refractivity contribution in [3.8, 4) is 0 Å². The molecule has 0 N–H and O–H groups in total. The maximum Gasteiger partial charge on any atom is 0.0485 e. The second kappa shape index (κ2) is 8.59. The van der Waals surface area contributed by atoms with Crippen LogP contribution in [0.15, 0.2) is 24.3 Å². The molecule has 0 aliphatic carbocycles. The monoisotopic (exact) mass is 286 g/mol. The minimum atomic E-state index is -0.751. The van der Waals surface area contributed by atoms with Crippen LogP contribution < -0.4 is 0 Å². The standard InChI is InChI=1S/C14H22O2S2/c1-3-9-17(15)11-13-5-7-14(8-6-13)12-18(16)10-4-2/h5-8H,3-4,9-12H2,1-2H3. The van der Waals surface area contributed by atoms with Gasteiger partial charge in [0.25, 0.3) is 0 Å². The molecule has 0 aliphatic rings. The Bertz CT molecular complexity index is 360. The zero-order chi connectivity index (χ0) is 13.4. The highest BCUT2D eigenvalue weighted by Crippen LogP contribution is 2.10. The molecule has 4 heteroatoms. The summed E-state index contributed by atoms with van der Waals surface area (Å²) in [6, 6.07) is 8.02. The highest BCUT2D eigenvalue weighted by molar-refractivity contribution is 7.84. The van der Waals surface area contributed by atoms with Crippen LogP contribution in [0.25, 0.3) is 0 Å². The molecule has 0 saturated heterocycles. The molecule has 2 unspecified atom stereocenters. The molecule has 0 heterocycles. The average molecular weight is 286 g/mol. The topological polar surface area (TPSA) is 34.1 Å². The van der Waals surface area contributed by atoms with E-state index in [2.05, 4.69) is 0 Å². The van der Waals surface area contributed by atoms with Crippen LogP contribution in [-0.2, 0) is 33.1 Å². The fourth-order valence-electron chi connectivity index (χ4n) is 1.70. The Labute approximate surface area is 115 Å². The van der Waals surface area contributed by atoms with E-state index in [-0.39, 0.29) is 0 Å². The van der Waals surface area contributed by atoms with Crippen LogP contribution in [-0.4, -0.2) is 19.9 Å². The molecule has 0 radical (unpaired) electrons. The van der Waals surface area contributed by atoms with Gasteiger partial charge in [0.15, 0.2) is 0 Å². The van der Waals surface area contributed by atoms with Crippen molar-refractivity contribution in [3.05, 3.63) is 35.4 Å². The summed E-state index contributed by atoms with van der Waals surface area (Å²) in [7, 11) is -1.50. The molecule has 1 aromatic carbocycles. The highest BCUT2D eigenvalue weighted by Gasteiger charge is 2.03. The minimum Gasteiger partial charge on any atom is -0.259 e. The van der Waals surface area contributed by atoms with Crippen molar-refractivity contribution in [2.75, 3.05) is 11.5 Å². The summed E-state index contributed by atoms with van der Waals surface area (Å²) in [6.07, 6.45) is 1.92. The molecule has 0 aliphatic heterocycles. The predicted octanol–water partition coefficient (Wildman–Crippen LogP) is 3.00. The third kappa shape index (κ3) is 5.91. The number of hydrogen-bond acceptors (Lipinski definition) is 2. The van der Waals surface area contributed by atoms with E-state index in [0.29, 0.717) is 11.5 Å². The van der Waals surface area contributed by atoms with Crippen molar-refractivity contribution in [2.45, 2.75) is 38.2 Å². The Kier molecular flexibility index (Phi) is 7.44. The van der Waals surface area contributed by atoms with E-state index in [1.54, 1.807) is 0 Å². The van der Waals surface area contributed by atoms with Gasteiger partial charge in [-0.05, 0) is 24.0 Å². The lowest BCUT2D eigenvalue weighted by molar-refractivity contribution is 0.680. The molecular weight excluding hydrogens is 264 g/mol. The Hall–Kier alpha value is -0.480. The van der Waals surface area contributed by atoms with Crippen molar-refractivity contribution < 1.29 is 8.42 Å². The molecule has 0 aromatic heterocycles. The maximum absolute atomic E-state index is 11.6. The maximum atomic E-state index is 11.6. The molecule has 2 atom stereocenters. The third-order valence-electron chi connectivity index (χ3n) is 2.54. The largest absolute Gasteiger partial charge is 0.259 e. The van der Waals surface area contributed by atoms with Gasteiger partial charge in [-0.2, -0.15) is 0 Å². The lowest BCUT2D eigenvalue weighted by Crippen LogP contribution is -2.02. The summed E-state index contributed by atoms with van der Waals surface area (Å²) in [5.41, 5.74) is 2.21. The molecule has 1 rings (SSSR count). The van der Waals surface area contributed by atoms with E-state index in [0.717, 1.165) is 35.5 Å². The van der Waals surface area contributed by atoms with Gasteiger partial charge in [-0.15, -0.1) is 0 Å².